The average molecular weight is 390 g/mol. The number of likely N-dealkylation sites (tertiary alicyclic amines) is 1. The second-order valence-corrected chi connectivity index (χ2v) is 6.54. The molecule has 0 aliphatic carbocycles. The number of aliphatic hydroxyl groups excluding tert-OH is 1. The maximum Gasteiger partial charge on any atom is 0.296 e. The highest BCUT2D eigenvalue weighted by molar-refractivity contribution is 6.46. The second-order valence-electron chi connectivity index (χ2n) is 6.54. The van der Waals surface area contributed by atoms with Gasteiger partial charge in [-0.15, -0.1) is 0 Å². The molecule has 1 aliphatic rings. The maximum absolute atomic E-state index is 12.9. The minimum atomic E-state index is -0.851. The lowest BCUT2D eigenvalue weighted by Crippen LogP contribution is -2.29. The summed E-state index contributed by atoms with van der Waals surface area (Å²) in [6, 6.07) is 12.7. The summed E-state index contributed by atoms with van der Waals surface area (Å²) < 4.78 is 10.7. The lowest BCUT2D eigenvalue weighted by Gasteiger charge is -2.23. The maximum atomic E-state index is 12.9. The monoisotopic (exact) mass is 390 g/mol. The Hall–Kier alpha value is -3.87. The van der Waals surface area contributed by atoms with Crippen LogP contribution in [0.5, 0.6) is 5.75 Å². The Morgan fingerprint density at radius 3 is 2.76 bits per heavy atom. The number of hydrogen-bond donors (Lipinski definition) is 1. The summed E-state index contributed by atoms with van der Waals surface area (Å²) in [4.78, 5) is 31.1. The first-order valence-corrected chi connectivity index (χ1v) is 8.95. The van der Waals surface area contributed by atoms with Crippen molar-refractivity contribution in [1.82, 2.24) is 9.88 Å². The van der Waals surface area contributed by atoms with Gasteiger partial charge >= 0.3 is 0 Å². The number of amides is 1. The highest BCUT2D eigenvalue weighted by Crippen LogP contribution is 2.40. The lowest BCUT2D eigenvalue weighted by molar-refractivity contribution is -0.140. The van der Waals surface area contributed by atoms with E-state index in [9.17, 15) is 14.7 Å². The Kier molecular flexibility index (Phi) is 4.87. The molecule has 7 nitrogen and oxygen atoms in total. The van der Waals surface area contributed by atoms with Crippen molar-refractivity contribution in [2.75, 3.05) is 7.11 Å². The van der Waals surface area contributed by atoms with Gasteiger partial charge in [-0.2, -0.15) is 0 Å². The fourth-order valence-electron chi connectivity index (χ4n) is 3.40. The Morgan fingerprint density at radius 1 is 1.21 bits per heavy atom. The number of ether oxygens (including phenoxy) is 1. The van der Waals surface area contributed by atoms with Gasteiger partial charge in [0, 0.05) is 24.5 Å². The van der Waals surface area contributed by atoms with Crippen molar-refractivity contribution < 1.29 is 23.8 Å². The third-order valence-corrected chi connectivity index (χ3v) is 4.77. The van der Waals surface area contributed by atoms with Crippen LogP contribution in [-0.2, 0) is 16.1 Å². The third kappa shape index (κ3) is 3.38. The summed E-state index contributed by atoms with van der Waals surface area (Å²) >= 11 is 0. The Bertz CT molecular complexity index is 1070. The zero-order valence-corrected chi connectivity index (χ0v) is 15.6. The highest BCUT2D eigenvalue weighted by Gasteiger charge is 2.47. The van der Waals surface area contributed by atoms with Crippen molar-refractivity contribution in [3.8, 4) is 5.75 Å². The van der Waals surface area contributed by atoms with E-state index in [4.69, 9.17) is 9.15 Å². The molecular formula is C22H18N2O5. The minimum Gasteiger partial charge on any atom is -0.507 e. The van der Waals surface area contributed by atoms with Gasteiger partial charge in [0.05, 0.1) is 18.9 Å². The van der Waals surface area contributed by atoms with Crippen molar-refractivity contribution in [3.63, 3.8) is 0 Å². The number of nitrogens with zero attached hydrogens (tertiary/aromatic N) is 2. The van der Waals surface area contributed by atoms with Gasteiger partial charge in [0.15, 0.2) is 0 Å². The van der Waals surface area contributed by atoms with E-state index in [-0.39, 0.29) is 17.9 Å². The first-order chi connectivity index (χ1) is 14.1. The van der Waals surface area contributed by atoms with Crippen molar-refractivity contribution >= 4 is 17.4 Å². The molecule has 1 N–H and O–H groups in total. The smallest absolute Gasteiger partial charge is 0.296 e. The van der Waals surface area contributed by atoms with Crippen LogP contribution in [0.3, 0.4) is 0 Å². The number of hydrogen-bond acceptors (Lipinski definition) is 6. The number of pyridine rings is 1. The van der Waals surface area contributed by atoms with E-state index in [2.05, 4.69) is 4.98 Å². The van der Waals surface area contributed by atoms with Crippen LogP contribution in [0.1, 0.15) is 22.9 Å². The molecule has 2 aromatic heterocycles. The first kappa shape index (κ1) is 18.5. The molecule has 1 unspecified atom stereocenters. The zero-order chi connectivity index (χ0) is 20.4. The molecule has 3 heterocycles. The van der Waals surface area contributed by atoms with E-state index in [1.807, 2.05) is 6.07 Å². The normalized spacial score (nSPS) is 18.2. The van der Waals surface area contributed by atoms with Gasteiger partial charge in [-0.05, 0) is 35.9 Å². The van der Waals surface area contributed by atoms with Crippen molar-refractivity contribution in [2.45, 2.75) is 12.6 Å². The van der Waals surface area contributed by atoms with Crippen LogP contribution < -0.4 is 4.74 Å². The Labute approximate surface area is 166 Å². The van der Waals surface area contributed by atoms with Crippen LogP contribution in [0.15, 0.2) is 77.2 Å². The van der Waals surface area contributed by atoms with Gasteiger partial charge in [-0.25, -0.2) is 0 Å². The number of carbonyl (C=O) groups excluding carboxylic acids is 2. The molecule has 0 saturated carbocycles. The van der Waals surface area contributed by atoms with Crippen LogP contribution >= 0.6 is 0 Å². The predicted molar refractivity (Wildman–Crippen MR) is 104 cm³/mol. The zero-order valence-electron chi connectivity index (χ0n) is 15.6. The van der Waals surface area contributed by atoms with Gasteiger partial charge in [0.1, 0.15) is 23.3 Å². The van der Waals surface area contributed by atoms with Crippen molar-refractivity contribution in [1.29, 1.82) is 0 Å². The van der Waals surface area contributed by atoms with Gasteiger partial charge in [0.25, 0.3) is 11.7 Å². The standard InChI is InChI=1S/C22H18N2O5/c1-28-16-7-2-6-15(11-16)20(25)18-19(17-8-4-10-29-17)24(22(27)21(18)26)13-14-5-3-9-23-12-14/h2-12,19,25H,13H2,1H3/b20-18+. The molecule has 1 fully saturated rings. The van der Waals surface area contributed by atoms with Gasteiger partial charge < -0.3 is 19.2 Å². The van der Waals surface area contributed by atoms with Gasteiger partial charge in [-0.3, -0.25) is 14.6 Å². The number of methoxy groups -OCH3 is 1. The molecule has 0 spiro atoms. The van der Waals surface area contributed by atoms with Crippen LogP contribution in [0, 0.1) is 0 Å². The van der Waals surface area contributed by atoms with Crippen molar-refractivity contribution in [2.24, 2.45) is 0 Å². The number of aliphatic hydroxyl groups is 1. The summed E-state index contributed by atoms with van der Waals surface area (Å²) in [5, 5.41) is 11.0. The van der Waals surface area contributed by atoms with Crippen molar-refractivity contribution in [3.05, 3.63) is 89.6 Å². The SMILES string of the molecule is COc1cccc(/C(O)=C2\C(=O)C(=O)N(Cc3cccnc3)C2c2ccco2)c1. The molecule has 1 atom stereocenters. The Balaban J connectivity index is 1.83. The molecule has 1 aromatic carbocycles. The van der Waals surface area contributed by atoms with Crippen LogP contribution in [0.25, 0.3) is 5.76 Å². The second kappa shape index (κ2) is 7.63. The largest absolute Gasteiger partial charge is 0.507 e. The molecule has 29 heavy (non-hydrogen) atoms. The molecule has 1 aliphatic heterocycles. The predicted octanol–water partition coefficient (Wildman–Crippen LogP) is 3.31. The van der Waals surface area contributed by atoms with E-state index in [1.165, 1.54) is 18.3 Å². The summed E-state index contributed by atoms with van der Waals surface area (Å²) in [5.74, 6) is -0.849. The number of Topliss-reactive ketones (excluding diaryl/α,β-unsaturated/α-hetero) is 1. The number of rotatable bonds is 5. The molecular weight excluding hydrogens is 372 g/mol. The van der Waals surface area contributed by atoms with E-state index in [0.29, 0.717) is 17.1 Å². The summed E-state index contributed by atoms with van der Waals surface area (Å²) in [6.45, 7) is 0.151. The Morgan fingerprint density at radius 2 is 2.07 bits per heavy atom. The van der Waals surface area contributed by atoms with E-state index < -0.39 is 17.7 Å². The van der Waals surface area contributed by atoms with Crippen LogP contribution in [0.2, 0.25) is 0 Å². The van der Waals surface area contributed by atoms with Gasteiger partial charge in [-0.1, -0.05) is 18.2 Å². The average Bonchev–Trinajstić information content (AvgIpc) is 3.37. The highest BCUT2D eigenvalue weighted by atomic mass is 16.5. The fourth-order valence-corrected chi connectivity index (χ4v) is 3.40. The number of benzene rings is 1. The molecule has 1 saturated heterocycles. The van der Waals surface area contributed by atoms with Crippen LogP contribution in [-0.4, -0.2) is 33.8 Å². The molecule has 1 amide bonds. The van der Waals surface area contributed by atoms with Gasteiger partial charge in [0.2, 0.25) is 0 Å². The number of furan rings is 1. The van der Waals surface area contributed by atoms with E-state index in [0.717, 1.165) is 5.56 Å². The number of carbonyl (C=O) groups is 2. The molecule has 3 aromatic rings. The minimum absolute atomic E-state index is 0.0258. The fraction of sp³-hybridized carbons (Fsp3) is 0.136. The number of ketones is 1. The first-order valence-electron chi connectivity index (χ1n) is 8.95. The number of aromatic nitrogens is 1. The summed E-state index contributed by atoms with van der Waals surface area (Å²) in [7, 11) is 1.51. The lowest BCUT2D eigenvalue weighted by atomic mass is 9.99. The molecule has 7 heteroatoms. The summed E-state index contributed by atoms with van der Waals surface area (Å²) in [5.41, 5.74) is 1.11. The molecule has 4 rings (SSSR count). The van der Waals surface area contributed by atoms with E-state index in [1.54, 1.807) is 54.9 Å². The van der Waals surface area contributed by atoms with E-state index >= 15 is 0 Å². The topological polar surface area (TPSA) is 92.9 Å². The molecule has 146 valence electrons. The summed E-state index contributed by atoms with van der Waals surface area (Å²) in [6.07, 6.45) is 4.72. The third-order valence-electron chi connectivity index (χ3n) is 4.77. The molecule has 0 bridgehead atoms. The quantitative estimate of drug-likeness (QED) is 0.408. The van der Waals surface area contributed by atoms with Crippen LogP contribution in [0.4, 0.5) is 0 Å². The molecule has 0 radical (unpaired) electrons.